The van der Waals surface area contributed by atoms with Gasteiger partial charge in [-0.05, 0) is 17.7 Å². The summed E-state index contributed by atoms with van der Waals surface area (Å²) in [4.78, 5) is 30.6. The fourth-order valence-electron chi connectivity index (χ4n) is 2.96. The van der Waals surface area contributed by atoms with E-state index in [9.17, 15) is 9.59 Å². The number of halogens is 1. The van der Waals surface area contributed by atoms with E-state index in [4.69, 9.17) is 11.6 Å². The predicted octanol–water partition coefficient (Wildman–Crippen LogP) is 6.35. The highest BCUT2D eigenvalue weighted by Gasteiger charge is 2.21. The van der Waals surface area contributed by atoms with Gasteiger partial charge in [0, 0.05) is 22.2 Å². The van der Waals surface area contributed by atoms with Gasteiger partial charge in [0.1, 0.15) is 4.88 Å². The molecule has 1 heterocycles. The maximum atomic E-state index is 13.1. The van der Waals surface area contributed by atoms with Crippen LogP contribution < -0.4 is 5.32 Å². The van der Waals surface area contributed by atoms with Crippen LogP contribution in [0.2, 0.25) is 5.02 Å². The summed E-state index contributed by atoms with van der Waals surface area (Å²) in [7, 11) is 0. The molecule has 0 saturated heterocycles. The van der Waals surface area contributed by atoms with Crippen molar-refractivity contribution in [2.75, 3.05) is 5.32 Å². The van der Waals surface area contributed by atoms with Gasteiger partial charge in [0.15, 0.2) is 5.13 Å². The lowest BCUT2D eigenvalue weighted by Gasteiger charge is -2.02. The van der Waals surface area contributed by atoms with E-state index in [1.54, 1.807) is 24.3 Å². The van der Waals surface area contributed by atoms with E-state index in [1.165, 1.54) is 6.08 Å². The SMILES string of the molecule is O=C(C=Cc1ccccc1Cl)Nc1nc(-c2ccccc2)c(C(=O)c2ccccc2)s1. The molecule has 0 radical (unpaired) electrons. The zero-order chi connectivity index (χ0) is 21.6. The topological polar surface area (TPSA) is 59.1 Å². The number of nitrogens with one attached hydrogen (secondary N) is 1. The molecule has 0 fully saturated rings. The molecular formula is C25H17ClN2O2S. The molecule has 1 aromatic heterocycles. The molecule has 4 aromatic rings. The molecule has 0 aliphatic rings. The summed E-state index contributed by atoms with van der Waals surface area (Å²) in [5, 5.41) is 3.67. The van der Waals surface area contributed by atoms with E-state index in [-0.39, 0.29) is 11.7 Å². The number of amides is 1. The Kier molecular flexibility index (Phi) is 6.36. The maximum Gasteiger partial charge on any atom is 0.250 e. The smallest absolute Gasteiger partial charge is 0.250 e. The highest BCUT2D eigenvalue weighted by atomic mass is 35.5. The van der Waals surface area contributed by atoms with Crippen molar-refractivity contribution in [3.63, 3.8) is 0 Å². The van der Waals surface area contributed by atoms with E-state index in [2.05, 4.69) is 10.3 Å². The van der Waals surface area contributed by atoms with Crippen LogP contribution in [0.4, 0.5) is 5.13 Å². The van der Waals surface area contributed by atoms with Gasteiger partial charge in [-0.3, -0.25) is 14.9 Å². The zero-order valence-corrected chi connectivity index (χ0v) is 17.9. The van der Waals surface area contributed by atoms with Crippen LogP contribution in [0.5, 0.6) is 0 Å². The molecule has 0 spiro atoms. The second-order valence-electron chi connectivity index (χ2n) is 6.60. The Hall–Kier alpha value is -3.54. The van der Waals surface area contributed by atoms with E-state index in [0.29, 0.717) is 26.3 Å². The largest absolute Gasteiger partial charge is 0.298 e. The number of rotatable bonds is 6. The minimum atomic E-state index is -0.355. The number of ketones is 1. The lowest BCUT2D eigenvalue weighted by molar-refractivity contribution is -0.111. The quantitative estimate of drug-likeness (QED) is 0.278. The van der Waals surface area contributed by atoms with Crippen LogP contribution in [0.1, 0.15) is 20.8 Å². The van der Waals surface area contributed by atoms with Crippen molar-refractivity contribution in [3.05, 3.63) is 112 Å². The van der Waals surface area contributed by atoms with Gasteiger partial charge in [-0.15, -0.1) is 0 Å². The Morgan fingerprint density at radius 2 is 1.52 bits per heavy atom. The van der Waals surface area contributed by atoms with E-state index in [1.807, 2.05) is 66.7 Å². The molecular weight excluding hydrogens is 428 g/mol. The molecule has 0 atom stereocenters. The fourth-order valence-corrected chi connectivity index (χ4v) is 4.11. The van der Waals surface area contributed by atoms with Gasteiger partial charge in [0.2, 0.25) is 11.7 Å². The molecule has 0 aliphatic carbocycles. The third kappa shape index (κ3) is 4.97. The van der Waals surface area contributed by atoms with Crippen LogP contribution in [0.3, 0.4) is 0 Å². The van der Waals surface area contributed by atoms with Crippen LogP contribution in [0, 0.1) is 0 Å². The average Bonchev–Trinajstić information content (AvgIpc) is 3.23. The van der Waals surface area contributed by atoms with Crippen molar-refractivity contribution in [2.45, 2.75) is 0 Å². The number of carbonyl (C=O) groups excluding carboxylic acids is 2. The van der Waals surface area contributed by atoms with Crippen molar-refractivity contribution in [2.24, 2.45) is 0 Å². The van der Waals surface area contributed by atoms with Crippen LogP contribution in [-0.4, -0.2) is 16.7 Å². The number of nitrogens with zero attached hydrogens (tertiary/aromatic N) is 1. The van der Waals surface area contributed by atoms with Gasteiger partial charge in [-0.25, -0.2) is 4.98 Å². The van der Waals surface area contributed by atoms with Crippen molar-refractivity contribution >= 4 is 45.8 Å². The highest BCUT2D eigenvalue weighted by Crippen LogP contribution is 2.33. The van der Waals surface area contributed by atoms with E-state index in [0.717, 1.165) is 22.5 Å². The second-order valence-corrected chi connectivity index (χ2v) is 8.01. The summed E-state index contributed by atoms with van der Waals surface area (Å²) >= 11 is 7.28. The summed E-state index contributed by atoms with van der Waals surface area (Å²) in [6, 6.07) is 25.7. The normalized spacial score (nSPS) is 10.9. The first-order valence-corrected chi connectivity index (χ1v) is 10.7. The first-order valence-electron chi connectivity index (χ1n) is 9.51. The van der Waals surface area contributed by atoms with Crippen molar-refractivity contribution in [1.82, 2.24) is 4.98 Å². The predicted molar refractivity (Wildman–Crippen MR) is 127 cm³/mol. The summed E-state index contributed by atoms with van der Waals surface area (Å²) in [5.74, 6) is -0.490. The number of hydrogen-bond donors (Lipinski definition) is 1. The molecule has 3 aromatic carbocycles. The molecule has 4 rings (SSSR count). The molecule has 0 bridgehead atoms. The highest BCUT2D eigenvalue weighted by molar-refractivity contribution is 7.18. The first kappa shape index (κ1) is 20.7. The maximum absolute atomic E-state index is 13.1. The molecule has 0 unspecified atom stereocenters. The van der Waals surface area contributed by atoms with Gasteiger partial charge in [-0.1, -0.05) is 102 Å². The number of anilines is 1. The number of carbonyl (C=O) groups is 2. The van der Waals surface area contributed by atoms with Gasteiger partial charge >= 0.3 is 0 Å². The zero-order valence-electron chi connectivity index (χ0n) is 16.3. The molecule has 1 N–H and O–H groups in total. The first-order chi connectivity index (χ1) is 15.1. The minimum Gasteiger partial charge on any atom is -0.298 e. The van der Waals surface area contributed by atoms with Gasteiger partial charge in [0.05, 0.1) is 5.69 Å². The third-order valence-electron chi connectivity index (χ3n) is 4.47. The van der Waals surface area contributed by atoms with Crippen molar-refractivity contribution in [3.8, 4) is 11.3 Å². The number of aromatic nitrogens is 1. The fraction of sp³-hybridized carbons (Fsp3) is 0. The Bertz CT molecular complexity index is 1250. The number of benzene rings is 3. The van der Waals surface area contributed by atoms with Gasteiger partial charge < -0.3 is 0 Å². The molecule has 4 nitrogen and oxygen atoms in total. The second kappa shape index (κ2) is 9.51. The van der Waals surface area contributed by atoms with Crippen LogP contribution in [0.25, 0.3) is 17.3 Å². The van der Waals surface area contributed by atoms with Crippen molar-refractivity contribution in [1.29, 1.82) is 0 Å². The Morgan fingerprint density at radius 3 is 2.23 bits per heavy atom. The summed E-state index contributed by atoms with van der Waals surface area (Å²) in [5.41, 5.74) is 2.66. The summed E-state index contributed by atoms with van der Waals surface area (Å²) in [6.45, 7) is 0. The van der Waals surface area contributed by atoms with E-state index >= 15 is 0 Å². The number of hydrogen-bond acceptors (Lipinski definition) is 4. The molecule has 0 saturated carbocycles. The Balaban J connectivity index is 1.63. The average molecular weight is 445 g/mol. The van der Waals surface area contributed by atoms with Crippen LogP contribution >= 0.6 is 22.9 Å². The standard InChI is InChI=1S/C25H17ClN2O2S/c26-20-14-8-7-9-17(20)15-16-21(29)27-25-28-22(18-10-3-1-4-11-18)24(31-25)23(30)19-12-5-2-6-13-19/h1-16H,(H,27,28,29). The molecule has 152 valence electrons. The lowest BCUT2D eigenvalue weighted by Crippen LogP contribution is -2.07. The van der Waals surface area contributed by atoms with E-state index < -0.39 is 0 Å². The third-order valence-corrected chi connectivity index (χ3v) is 5.78. The Morgan fingerprint density at radius 1 is 0.871 bits per heavy atom. The summed E-state index contributed by atoms with van der Waals surface area (Å²) in [6.07, 6.45) is 3.03. The summed E-state index contributed by atoms with van der Waals surface area (Å²) < 4.78 is 0. The Labute approximate surface area is 188 Å². The van der Waals surface area contributed by atoms with Crippen molar-refractivity contribution < 1.29 is 9.59 Å². The van der Waals surface area contributed by atoms with Gasteiger partial charge in [-0.2, -0.15) is 0 Å². The lowest BCUT2D eigenvalue weighted by atomic mass is 10.1. The molecule has 6 heteroatoms. The minimum absolute atomic E-state index is 0.135. The molecule has 1 amide bonds. The molecule has 31 heavy (non-hydrogen) atoms. The van der Waals surface area contributed by atoms with Crippen LogP contribution in [-0.2, 0) is 4.79 Å². The van der Waals surface area contributed by atoms with Gasteiger partial charge in [0.25, 0.3) is 0 Å². The monoisotopic (exact) mass is 444 g/mol. The number of thiazole rings is 1. The molecule has 0 aliphatic heterocycles. The van der Waals surface area contributed by atoms with Crippen LogP contribution in [0.15, 0.2) is 91.0 Å².